The van der Waals surface area contributed by atoms with E-state index in [1.807, 2.05) is 11.8 Å². The molecule has 1 atom stereocenters. The largest absolute Gasteiger partial charge is 0.507 e. The molecule has 5 nitrogen and oxygen atoms in total. The number of nitrogens with zero attached hydrogens (tertiary/aromatic N) is 2. The predicted octanol–water partition coefficient (Wildman–Crippen LogP) is 2.18. The van der Waals surface area contributed by atoms with Gasteiger partial charge in [0.25, 0.3) is 5.91 Å². The van der Waals surface area contributed by atoms with Gasteiger partial charge in [-0.15, -0.1) is 0 Å². The fourth-order valence-corrected chi connectivity index (χ4v) is 3.39. The highest BCUT2D eigenvalue weighted by molar-refractivity contribution is 6.00. The molecule has 1 aromatic rings. The summed E-state index contributed by atoms with van der Waals surface area (Å²) in [6.07, 6.45) is 4.54. The van der Waals surface area contributed by atoms with E-state index in [0.717, 1.165) is 12.8 Å². The molecular weight excluding hydrogens is 292 g/mol. The molecular formula is C18H22N2O3. The van der Waals surface area contributed by atoms with Crippen molar-refractivity contribution in [3.63, 3.8) is 0 Å². The van der Waals surface area contributed by atoms with Crippen LogP contribution in [0.5, 0.6) is 5.75 Å². The molecule has 2 amide bonds. The molecule has 1 saturated heterocycles. The molecule has 2 heterocycles. The van der Waals surface area contributed by atoms with E-state index < -0.39 is 6.04 Å². The Morgan fingerprint density at radius 2 is 2.00 bits per heavy atom. The van der Waals surface area contributed by atoms with Crippen molar-refractivity contribution >= 4 is 11.8 Å². The number of carbonyl (C=O) groups excluding carboxylic acids is 2. The Kier molecular flexibility index (Phi) is 4.37. The topological polar surface area (TPSA) is 60.9 Å². The molecule has 0 unspecified atom stereocenters. The van der Waals surface area contributed by atoms with Gasteiger partial charge >= 0.3 is 0 Å². The van der Waals surface area contributed by atoms with Crippen molar-refractivity contribution in [1.29, 1.82) is 0 Å². The molecule has 0 radical (unpaired) electrons. The maximum absolute atomic E-state index is 12.8. The van der Waals surface area contributed by atoms with E-state index in [4.69, 9.17) is 0 Å². The molecule has 0 spiro atoms. The molecule has 122 valence electrons. The summed E-state index contributed by atoms with van der Waals surface area (Å²) in [6, 6.07) is 6.10. The number of hydrogen-bond donors (Lipinski definition) is 1. The highest BCUT2D eigenvalue weighted by Gasteiger charge is 2.37. The van der Waals surface area contributed by atoms with Crippen LogP contribution in [-0.4, -0.2) is 52.4 Å². The summed E-state index contributed by atoms with van der Waals surface area (Å²) in [5.41, 5.74) is 1.46. The first-order valence-electron chi connectivity index (χ1n) is 8.11. The first-order chi connectivity index (χ1) is 11.1. The Bertz CT molecular complexity index is 653. The van der Waals surface area contributed by atoms with E-state index in [9.17, 15) is 14.7 Å². The minimum absolute atomic E-state index is 0.0266. The number of benzene rings is 1. The lowest BCUT2D eigenvalue weighted by molar-refractivity contribution is -0.135. The van der Waals surface area contributed by atoms with Gasteiger partial charge in [-0.25, -0.2) is 0 Å². The van der Waals surface area contributed by atoms with Gasteiger partial charge in [-0.3, -0.25) is 9.59 Å². The quantitative estimate of drug-likeness (QED) is 0.851. The third kappa shape index (κ3) is 3.09. The van der Waals surface area contributed by atoms with Crippen molar-refractivity contribution in [2.75, 3.05) is 19.6 Å². The molecule has 0 saturated carbocycles. The van der Waals surface area contributed by atoms with Crippen LogP contribution in [0.2, 0.25) is 0 Å². The summed E-state index contributed by atoms with van der Waals surface area (Å²) in [5, 5.41) is 9.90. The first-order valence-corrected chi connectivity index (χ1v) is 8.11. The number of hydrogen-bond acceptors (Lipinski definition) is 3. The van der Waals surface area contributed by atoms with Gasteiger partial charge in [-0.05, 0) is 38.3 Å². The van der Waals surface area contributed by atoms with Crippen molar-refractivity contribution in [3.05, 3.63) is 41.5 Å². The van der Waals surface area contributed by atoms with E-state index in [1.54, 1.807) is 23.1 Å². The van der Waals surface area contributed by atoms with Gasteiger partial charge in [-0.1, -0.05) is 23.8 Å². The number of amides is 2. The number of rotatable bonds is 2. The Balaban J connectivity index is 1.78. The van der Waals surface area contributed by atoms with Crippen LogP contribution in [0.25, 0.3) is 0 Å². The Labute approximate surface area is 136 Å². The number of para-hydroxylation sites is 1. The molecule has 1 N–H and O–H groups in total. The number of phenolic OH excluding ortho intramolecular Hbond substituents is 1. The second kappa shape index (κ2) is 6.44. The Morgan fingerprint density at radius 3 is 2.74 bits per heavy atom. The SMILES string of the molecule is CC1=CCCN(C(=O)[C@@H]2CCCN2C(=O)c2ccccc2O)C1. The van der Waals surface area contributed by atoms with Crippen LogP contribution in [-0.2, 0) is 4.79 Å². The monoisotopic (exact) mass is 314 g/mol. The predicted molar refractivity (Wildman–Crippen MR) is 87.1 cm³/mol. The van der Waals surface area contributed by atoms with Crippen molar-refractivity contribution < 1.29 is 14.7 Å². The van der Waals surface area contributed by atoms with Gasteiger partial charge in [0, 0.05) is 19.6 Å². The van der Waals surface area contributed by atoms with Gasteiger partial charge < -0.3 is 14.9 Å². The molecule has 1 aromatic carbocycles. The molecule has 23 heavy (non-hydrogen) atoms. The van der Waals surface area contributed by atoms with Crippen molar-refractivity contribution in [2.24, 2.45) is 0 Å². The zero-order valence-electron chi connectivity index (χ0n) is 13.4. The van der Waals surface area contributed by atoms with Crippen LogP contribution >= 0.6 is 0 Å². The van der Waals surface area contributed by atoms with E-state index in [2.05, 4.69) is 6.08 Å². The highest BCUT2D eigenvalue weighted by atomic mass is 16.3. The molecule has 0 aromatic heterocycles. The van der Waals surface area contributed by atoms with Crippen LogP contribution in [0, 0.1) is 0 Å². The zero-order chi connectivity index (χ0) is 16.4. The summed E-state index contributed by atoms with van der Waals surface area (Å²) < 4.78 is 0. The molecule has 2 aliphatic rings. The maximum atomic E-state index is 12.8. The van der Waals surface area contributed by atoms with Crippen LogP contribution in [0.1, 0.15) is 36.5 Å². The van der Waals surface area contributed by atoms with Gasteiger partial charge in [0.15, 0.2) is 0 Å². The standard InChI is InChI=1S/C18H22N2O3/c1-13-6-4-10-19(12-13)18(23)15-8-5-11-20(15)17(22)14-7-2-3-9-16(14)21/h2-3,6-7,9,15,21H,4-5,8,10-12H2,1H3/t15-/m0/s1. The number of likely N-dealkylation sites (tertiary alicyclic amines) is 1. The number of phenols is 1. The summed E-state index contributed by atoms with van der Waals surface area (Å²) in [6.45, 7) is 3.95. The molecule has 3 rings (SSSR count). The Morgan fingerprint density at radius 1 is 1.22 bits per heavy atom. The normalized spacial score (nSPS) is 21.3. The van der Waals surface area contributed by atoms with E-state index in [0.29, 0.717) is 26.1 Å². The van der Waals surface area contributed by atoms with E-state index in [-0.39, 0.29) is 23.1 Å². The van der Waals surface area contributed by atoms with Crippen molar-refractivity contribution in [2.45, 2.75) is 32.2 Å². The van der Waals surface area contributed by atoms with Gasteiger partial charge in [0.05, 0.1) is 5.56 Å². The average Bonchev–Trinajstić information content (AvgIpc) is 3.03. The average molecular weight is 314 g/mol. The minimum Gasteiger partial charge on any atom is -0.507 e. The van der Waals surface area contributed by atoms with Crippen LogP contribution < -0.4 is 0 Å². The van der Waals surface area contributed by atoms with Crippen LogP contribution in [0.15, 0.2) is 35.9 Å². The third-order valence-electron chi connectivity index (χ3n) is 4.58. The fraction of sp³-hybridized carbons (Fsp3) is 0.444. The fourth-order valence-electron chi connectivity index (χ4n) is 3.39. The zero-order valence-corrected chi connectivity index (χ0v) is 13.4. The summed E-state index contributed by atoms with van der Waals surface area (Å²) in [4.78, 5) is 29.0. The van der Waals surface area contributed by atoms with E-state index in [1.165, 1.54) is 11.6 Å². The van der Waals surface area contributed by atoms with Crippen molar-refractivity contribution in [3.8, 4) is 5.75 Å². The summed E-state index contributed by atoms with van der Waals surface area (Å²) in [7, 11) is 0. The summed E-state index contributed by atoms with van der Waals surface area (Å²) >= 11 is 0. The Hall–Kier alpha value is -2.30. The van der Waals surface area contributed by atoms with Crippen LogP contribution in [0.4, 0.5) is 0 Å². The van der Waals surface area contributed by atoms with Crippen LogP contribution in [0.3, 0.4) is 0 Å². The number of carbonyl (C=O) groups is 2. The smallest absolute Gasteiger partial charge is 0.258 e. The summed E-state index contributed by atoms with van der Waals surface area (Å²) in [5.74, 6) is -0.269. The third-order valence-corrected chi connectivity index (χ3v) is 4.58. The van der Waals surface area contributed by atoms with Crippen molar-refractivity contribution in [1.82, 2.24) is 9.80 Å². The molecule has 0 aliphatic carbocycles. The number of aromatic hydroxyl groups is 1. The minimum atomic E-state index is -0.409. The molecule has 1 fully saturated rings. The van der Waals surface area contributed by atoms with Gasteiger partial charge in [0.2, 0.25) is 5.91 Å². The first kappa shape index (κ1) is 15.6. The molecule has 2 aliphatic heterocycles. The van der Waals surface area contributed by atoms with Gasteiger partial charge in [0.1, 0.15) is 11.8 Å². The van der Waals surface area contributed by atoms with Gasteiger partial charge in [-0.2, -0.15) is 0 Å². The molecule has 0 bridgehead atoms. The maximum Gasteiger partial charge on any atom is 0.258 e. The second-order valence-electron chi connectivity index (χ2n) is 6.27. The highest BCUT2D eigenvalue weighted by Crippen LogP contribution is 2.26. The second-order valence-corrected chi connectivity index (χ2v) is 6.27. The lowest BCUT2D eigenvalue weighted by Crippen LogP contribution is -2.49. The molecule has 5 heteroatoms. The van der Waals surface area contributed by atoms with E-state index >= 15 is 0 Å². The lowest BCUT2D eigenvalue weighted by atomic mass is 10.1. The lowest BCUT2D eigenvalue weighted by Gasteiger charge is -2.32.